The molecule has 2 N–H and O–H groups in total. The van der Waals surface area contributed by atoms with Gasteiger partial charge in [-0.1, -0.05) is 6.07 Å². The number of anilines is 1. The highest BCUT2D eigenvalue weighted by Crippen LogP contribution is 2.30. The van der Waals surface area contributed by atoms with Crippen LogP contribution in [-0.2, 0) is 4.79 Å². The summed E-state index contributed by atoms with van der Waals surface area (Å²) in [4.78, 5) is 27.3. The number of aromatic nitrogens is 1. The maximum Gasteiger partial charge on any atom is 0.287 e. The lowest BCUT2D eigenvalue weighted by atomic mass is 10.0. The van der Waals surface area contributed by atoms with Crippen LogP contribution in [0.25, 0.3) is 5.69 Å². The molecule has 1 saturated heterocycles. The molecule has 0 spiro atoms. The first-order chi connectivity index (χ1) is 16.8. The SMILES string of the molecule is Cc1ccc(C(=O)NC2CCN(CC(=O)Nc3c(C#N)c(C)c(C)n3-c3cccc(F)c3)CC2)o1. The number of furan rings is 1. The first-order valence-electron chi connectivity index (χ1n) is 11.5. The molecule has 3 heterocycles. The van der Waals surface area contributed by atoms with Gasteiger partial charge in [0.15, 0.2) is 5.76 Å². The summed E-state index contributed by atoms with van der Waals surface area (Å²) >= 11 is 0. The Morgan fingerprint density at radius 3 is 2.54 bits per heavy atom. The van der Waals surface area contributed by atoms with E-state index >= 15 is 0 Å². The van der Waals surface area contributed by atoms with Gasteiger partial charge in [0.2, 0.25) is 5.91 Å². The molecule has 1 aromatic carbocycles. The van der Waals surface area contributed by atoms with Crippen LogP contribution in [0.5, 0.6) is 0 Å². The van der Waals surface area contributed by atoms with Gasteiger partial charge in [-0.25, -0.2) is 4.39 Å². The van der Waals surface area contributed by atoms with E-state index in [9.17, 15) is 19.2 Å². The Kier molecular flexibility index (Phi) is 7.03. The van der Waals surface area contributed by atoms with Crippen molar-refractivity contribution in [1.29, 1.82) is 5.26 Å². The van der Waals surface area contributed by atoms with Gasteiger partial charge in [0, 0.05) is 24.8 Å². The number of nitrogens with zero attached hydrogens (tertiary/aromatic N) is 3. The van der Waals surface area contributed by atoms with Gasteiger partial charge in [-0.2, -0.15) is 5.26 Å². The van der Waals surface area contributed by atoms with E-state index in [-0.39, 0.29) is 24.4 Å². The molecule has 1 aliphatic rings. The van der Waals surface area contributed by atoms with Crippen molar-refractivity contribution in [2.75, 3.05) is 25.0 Å². The van der Waals surface area contributed by atoms with E-state index in [1.165, 1.54) is 12.1 Å². The molecule has 2 aromatic heterocycles. The van der Waals surface area contributed by atoms with Crippen molar-refractivity contribution in [3.05, 3.63) is 70.6 Å². The highest BCUT2D eigenvalue weighted by molar-refractivity contribution is 5.94. The molecule has 0 saturated carbocycles. The zero-order chi connectivity index (χ0) is 25.1. The third kappa shape index (κ3) is 5.28. The van der Waals surface area contributed by atoms with Crippen molar-refractivity contribution < 1.29 is 18.4 Å². The standard InChI is InChI=1S/C26H28FN5O3/c1-16-7-8-23(35-16)26(34)29-20-9-11-31(12-10-20)15-24(33)30-25-22(14-28)17(2)18(3)32(25)21-6-4-5-19(27)13-21/h4-8,13,20H,9-12,15H2,1-3H3,(H,29,34)(H,30,33). The number of hydrogen-bond donors (Lipinski definition) is 2. The summed E-state index contributed by atoms with van der Waals surface area (Å²) in [6.07, 6.45) is 1.42. The monoisotopic (exact) mass is 477 g/mol. The summed E-state index contributed by atoms with van der Waals surface area (Å²) in [5, 5.41) is 15.6. The smallest absolute Gasteiger partial charge is 0.287 e. The highest BCUT2D eigenvalue weighted by Gasteiger charge is 2.25. The molecule has 4 rings (SSSR count). The molecule has 0 radical (unpaired) electrons. The van der Waals surface area contributed by atoms with E-state index in [1.807, 2.05) is 18.7 Å². The van der Waals surface area contributed by atoms with E-state index < -0.39 is 5.82 Å². The number of nitriles is 1. The molecule has 9 heteroatoms. The lowest BCUT2D eigenvalue weighted by Gasteiger charge is -2.31. The number of piperidine rings is 1. The van der Waals surface area contributed by atoms with Crippen LogP contribution in [0.3, 0.4) is 0 Å². The van der Waals surface area contributed by atoms with Crippen LogP contribution in [0.2, 0.25) is 0 Å². The van der Waals surface area contributed by atoms with Gasteiger partial charge in [0.25, 0.3) is 5.91 Å². The number of carbonyl (C=O) groups excluding carboxylic acids is 2. The normalized spacial score (nSPS) is 14.5. The van der Waals surface area contributed by atoms with Crippen LogP contribution < -0.4 is 10.6 Å². The number of amides is 2. The number of nitrogens with one attached hydrogen (secondary N) is 2. The Balaban J connectivity index is 1.39. The maximum atomic E-state index is 13.9. The van der Waals surface area contributed by atoms with Crippen molar-refractivity contribution in [2.24, 2.45) is 0 Å². The number of halogens is 1. The molecule has 8 nitrogen and oxygen atoms in total. The summed E-state index contributed by atoms with van der Waals surface area (Å²) in [7, 11) is 0. The Labute approximate surface area is 203 Å². The molecule has 2 amide bonds. The van der Waals surface area contributed by atoms with Gasteiger partial charge in [-0.15, -0.1) is 0 Å². The quantitative estimate of drug-likeness (QED) is 0.562. The summed E-state index contributed by atoms with van der Waals surface area (Å²) in [5.41, 5.74) is 2.38. The third-order valence-corrected chi connectivity index (χ3v) is 6.40. The van der Waals surface area contributed by atoms with E-state index in [1.54, 1.807) is 35.8 Å². The van der Waals surface area contributed by atoms with Crippen LogP contribution in [0.1, 0.15) is 46.0 Å². The van der Waals surface area contributed by atoms with Gasteiger partial charge in [-0.3, -0.25) is 19.1 Å². The summed E-state index contributed by atoms with van der Waals surface area (Å²) in [5.74, 6) is 0.427. The zero-order valence-corrected chi connectivity index (χ0v) is 20.0. The first-order valence-corrected chi connectivity index (χ1v) is 11.5. The Morgan fingerprint density at radius 1 is 1.17 bits per heavy atom. The number of aryl methyl sites for hydroxylation is 1. The molecular formula is C26H28FN5O3. The van der Waals surface area contributed by atoms with Crippen LogP contribution in [0, 0.1) is 37.9 Å². The van der Waals surface area contributed by atoms with E-state index in [0.717, 1.165) is 11.3 Å². The van der Waals surface area contributed by atoms with Crippen LogP contribution in [0.4, 0.5) is 10.2 Å². The summed E-state index contributed by atoms with van der Waals surface area (Å²) in [6.45, 7) is 6.86. The second-order valence-electron chi connectivity index (χ2n) is 8.84. The number of likely N-dealkylation sites (tertiary alicyclic amines) is 1. The molecule has 1 aliphatic heterocycles. The summed E-state index contributed by atoms with van der Waals surface area (Å²) in [6, 6.07) is 11.6. The number of benzene rings is 1. The zero-order valence-electron chi connectivity index (χ0n) is 20.0. The molecule has 3 aromatic rings. The van der Waals surface area contributed by atoms with Gasteiger partial charge >= 0.3 is 0 Å². The van der Waals surface area contributed by atoms with Crippen LogP contribution in [-0.4, -0.2) is 47.0 Å². The van der Waals surface area contributed by atoms with Gasteiger partial charge < -0.3 is 15.1 Å². The van der Waals surface area contributed by atoms with Crippen LogP contribution in [0.15, 0.2) is 40.8 Å². The topological polar surface area (TPSA) is 103 Å². The van der Waals surface area contributed by atoms with E-state index in [4.69, 9.17) is 4.42 Å². The van der Waals surface area contributed by atoms with E-state index in [2.05, 4.69) is 16.7 Å². The molecule has 0 unspecified atom stereocenters. The minimum atomic E-state index is -0.402. The first kappa shape index (κ1) is 24.2. The fraction of sp³-hybridized carbons (Fsp3) is 0.346. The average Bonchev–Trinajstić information content (AvgIpc) is 3.36. The van der Waals surface area contributed by atoms with Crippen molar-refractivity contribution in [1.82, 2.24) is 14.8 Å². The van der Waals surface area contributed by atoms with Crippen molar-refractivity contribution in [2.45, 2.75) is 39.7 Å². The second-order valence-corrected chi connectivity index (χ2v) is 8.84. The molecule has 0 aliphatic carbocycles. The fourth-order valence-electron chi connectivity index (χ4n) is 4.42. The minimum absolute atomic E-state index is 0.00733. The molecule has 0 atom stereocenters. The maximum absolute atomic E-state index is 13.9. The number of hydrogen-bond acceptors (Lipinski definition) is 5. The van der Waals surface area contributed by atoms with Gasteiger partial charge in [-0.05, 0) is 69.5 Å². The molecule has 35 heavy (non-hydrogen) atoms. The Bertz CT molecular complexity index is 1290. The second kappa shape index (κ2) is 10.2. The van der Waals surface area contributed by atoms with Crippen molar-refractivity contribution >= 4 is 17.6 Å². The largest absolute Gasteiger partial charge is 0.456 e. The average molecular weight is 478 g/mol. The molecule has 182 valence electrons. The number of carbonyl (C=O) groups is 2. The van der Waals surface area contributed by atoms with E-state index in [0.29, 0.717) is 54.5 Å². The molecular weight excluding hydrogens is 449 g/mol. The summed E-state index contributed by atoms with van der Waals surface area (Å²) < 4.78 is 21.0. The predicted molar refractivity (Wildman–Crippen MR) is 129 cm³/mol. The highest BCUT2D eigenvalue weighted by atomic mass is 19.1. The predicted octanol–water partition coefficient (Wildman–Crippen LogP) is 3.84. The Morgan fingerprint density at radius 2 is 1.91 bits per heavy atom. The third-order valence-electron chi connectivity index (χ3n) is 6.40. The van der Waals surface area contributed by atoms with Gasteiger partial charge in [0.05, 0.1) is 17.8 Å². The Hall–Kier alpha value is -3.90. The molecule has 1 fully saturated rings. The molecule has 0 bridgehead atoms. The van der Waals surface area contributed by atoms with Crippen molar-refractivity contribution in [3.63, 3.8) is 0 Å². The lowest BCUT2D eigenvalue weighted by molar-refractivity contribution is -0.117. The van der Waals surface area contributed by atoms with Crippen molar-refractivity contribution in [3.8, 4) is 11.8 Å². The van der Waals surface area contributed by atoms with Crippen LogP contribution >= 0.6 is 0 Å². The lowest BCUT2D eigenvalue weighted by Crippen LogP contribution is -2.46. The fourth-order valence-corrected chi connectivity index (χ4v) is 4.42. The number of rotatable bonds is 6. The van der Waals surface area contributed by atoms with Gasteiger partial charge in [0.1, 0.15) is 23.5 Å². The minimum Gasteiger partial charge on any atom is -0.456 e.